The van der Waals surface area contributed by atoms with E-state index in [1.165, 1.54) is 14.2 Å². The SMILES string of the molecule is COC(=O)N[C@H](C(=O)N1CCC[C@H]1C(=O)Nc1ccc(CN(Cc2ccc(NC(=O)[C@@H]3CCCN3C(=O)[C@@H](NC(=O)OC)C(C)(C)C)cc2)[C@@H]2CCOC2)cc1)C(C)(C)C. The molecule has 2 aromatic rings. The zero-order chi connectivity index (χ0) is 43.8. The fourth-order valence-corrected chi connectivity index (χ4v) is 8.02. The van der Waals surface area contributed by atoms with Crippen LogP contribution in [0.5, 0.6) is 0 Å². The van der Waals surface area contributed by atoms with Crippen LogP contribution in [0, 0.1) is 10.8 Å². The summed E-state index contributed by atoms with van der Waals surface area (Å²) in [4.78, 5) is 83.9. The molecule has 3 aliphatic heterocycles. The number of carbonyl (C=O) groups excluding carboxylic acids is 6. The van der Waals surface area contributed by atoms with Crippen molar-refractivity contribution in [1.82, 2.24) is 25.3 Å². The van der Waals surface area contributed by atoms with Crippen LogP contribution < -0.4 is 21.3 Å². The van der Waals surface area contributed by atoms with E-state index < -0.39 is 47.2 Å². The predicted molar refractivity (Wildman–Crippen MR) is 226 cm³/mol. The minimum Gasteiger partial charge on any atom is -0.453 e. The molecule has 0 saturated carbocycles. The summed E-state index contributed by atoms with van der Waals surface area (Å²) in [6, 6.07) is 12.6. The fourth-order valence-electron chi connectivity index (χ4n) is 8.02. The van der Waals surface area contributed by atoms with Gasteiger partial charge in [-0.25, -0.2) is 9.59 Å². The number of nitrogens with one attached hydrogen (secondary N) is 4. The molecule has 3 heterocycles. The molecular weight excluding hydrogens is 771 g/mol. The van der Waals surface area contributed by atoms with Crippen LogP contribution in [0.2, 0.25) is 0 Å². The summed E-state index contributed by atoms with van der Waals surface area (Å²) >= 11 is 0. The van der Waals surface area contributed by atoms with Gasteiger partial charge in [-0.3, -0.25) is 24.1 Å². The number of nitrogens with zero attached hydrogens (tertiary/aromatic N) is 3. The number of anilines is 2. The Morgan fingerprint density at radius 3 is 1.40 bits per heavy atom. The molecule has 0 spiro atoms. The Morgan fingerprint density at radius 1 is 0.667 bits per heavy atom. The van der Waals surface area contributed by atoms with Crippen molar-refractivity contribution in [2.45, 2.75) is 117 Å². The van der Waals surface area contributed by atoms with Crippen LogP contribution in [-0.2, 0) is 46.5 Å². The zero-order valence-corrected chi connectivity index (χ0v) is 36.3. The number of hydrogen-bond acceptors (Lipinski definition) is 10. The van der Waals surface area contributed by atoms with Crippen LogP contribution in [0.15, 0.2) is 48.5 Å². The first-order chi connectivity index (χ1) is 28.4. The van der Waals surface area contributed by atoms with E-state index >= 15 is 0 Å². The third-order valence-electron chi connectivity index (χ3n) is 11.4. The Bertz CT molecular complexity index is 1710. The molecule has 3 fully saturated rings. The topological polar surface area (TPSA) is 188 Å². The second kappa shape index (κ2) is 19.9. The molecule has 5 rings (SSSR count). The minimum absolute atomic E-state index is 0.205. The van der Waals surface area contributed by atoms with Crippen LogP contribution in [0.3, 0.4) is 0 Å². The van der Waals surface area contributed by atoms with Crippen molar-refractivity contribution < 1.29 is 43.0 Å². The van der Waals surface area contributed by atoms with Gasteiger partial charge in [0, 0.05) is 50.2 Å². The standard InChI is InChI=1S/C44H63N7O9/c1-43(2,3)35(47-41(56)58-7)39(54)50-22-9-11-33(50)37(52)45-30-17-13-28(14-18-30)25-49(32-21-24-60-27-32)26-29-15-19-31(20-16-29)46-38(53)34-12-10-23-51(34)40(55)36(44(4,5)6)48-42(57)59-8/h13-20,32-36H,9-12,21-27H2,1-8H3,(H,45,52)(H,46,53)(H,47,56)(H,48,57)/t32-,33+,34+,35-,36-/m1/s1. The number of alkyl carbamates (subject to hydrolysis) is 2. The van der Waals surface area contributed by atoms with Crippen molar-refractivity contribution in [3.05, 3.63) is 59.7 Å². The summed E-state index contributed by atoms with van der Waals surface area (Å²) in [5.74, 6) is -1.19. The van der Waals surface area contributed by atoms with Crippen LogP contribution in [0.4, 0.5) is 21.0 Å². The number of likely N-dealkylation sites (tertiary alicyclic amines) is 2. The van der Waals surface area contributed by atoms with Gasteiger partial charge in [-0.15, -0.1) is 0 Å². The molecule has 0 bridgehead atoms. The molecule has 16 nitrogen and oxygen atoms in total. The first kappa shape index (κ1) is 45.9. The average Bonchev–Trinajstić information content (AvgIpc) is 4.02. The summed E-state index contributed by atoms with van der Waals surface area (Å²) in [7, 11) is 2.50. The van der Waals surface area contributed by atoms with Gasteiger partial charge in [0.2, 0.25) is 23.6 Å². The fraction of sp³-hybridized carbons (Fsp3) is 0.591. The minimum atomic E-state index is -0.858. The zero-order valence-electron chi connectivity index (χ0n) is 36.3. The molecule has 0 aromatic heterocycles. The highest BCUT2D eigenvalue weighted by molar-refractivity contribution is 5.99. The molecule has 0 radical (unpaired) electrons. The summed E-state index contributed by atoms with van der Waals surface area (Å²) in [6.07, 6.45) is 1.88. The first-order valence-corrected chi connectivity index (χ1v) is 20.8. The first-order valence-electron chi connectivity index (χ1n) is 20.8. The maximum absolute atomic E-state index is 13.6. The van der Waals surface area contributed by atoms with Crippen molar-refractivity contribution in [1.29, 1.82) is 0 Å². The predicted octanol–water partition coefficient (Wildman–Crippen LogP) is 4.88. The summed E-state index contributed by atoms with van der Waals surface area (Å²) in [5.41, 5.74) is 2.14. The van der Waals surface area contributed by atoms with Gasteiger partial charge in [0.25, 0.3) is 0 Å². The van der Waals surface area contributed by atoms with E-state index in [1.54, 1.807) is 9.80 Å². The number of benzene rings is 2. The van der Waals surface area contributed by atoms with E-state index in [2.05, 4.69) is 26.2 Å². The van der Waals surface area contributed by atoms with Crippen LogP contribution in [0.1, 0.15) is 84.8 Å². The number of amides is 6. The molecule has 0 unspecified atom stereocenters. The van der Waals surface area contributed by atoms with E-state index in [9.17, 15) is 28.8 Å². The molecule has 5 atom stereocenters. The highest BCUT2D eigenvalue weighted by atomic mass is 16.5. The van der Waals surface area contributed by atoms with Crippen molar-refractivity contribution in [2.24, 2.45) is 10.8 Å². The van der Waals surface area contributed by atoms with Gasteiger partial charge in [0.15, 0.2) is 0 Å². The van der Waals surface area contributed by atoms with E-state index in [1.807, 2.05) is 90.1 Å². The number of hydrogen-bond donors (Lipinski definition) is 4. The van der Waals surface area contributed by atoms with Crippen LogP contribution >= 0.6 is 0 Å². The normalized spacial score (nSPS) is 20.3. The molecular formula is C44H63N7O9. The van der Waals surface area contributed by atoms with Crippen LogP contribution in [-0.4, -0.2) is 121 Å². The van der Waals surface area contributed by atoms with Crippen molar-refractivity contribution in [3.8, 4) is 0 Å². The van der Waals surface area contributed by atoms with Gasteiger partial charge in [-0.1, -0.05) is 65.8 Å². The largest absolute Gasteiger partial charge is 0.453 e. The highest BCUT2D eigenvalue weighted by Gasteiger charge is 2.43. The Labute approximate surface area is 353 Å². The van der Waals surface area contributed by atoms with Crippen molar-refractivity contribution >= 4 is 47.2 Å². The third-order valence-corrected chi connectivity index (χ3v) is 11.4. The Hall–Kier alpha value is -5.22. The van der Waals surface area contributed by atoms with E-state index in [0.717, 1.165) is 17.5 Å². The molecule has 6 amide bonds. The van der Waals surface area contributed by atoms with E-state index in [0.29, 0.717) is 76.5 Å². The average molecular weight is 834 g/mol. The molecule has 328 valence electrons. The van der Waals surface area contributed by atoms with Gasteiger partial charge < -0.3 is 45.3 Å². The molecule has 4 N–H and O–H groups in total. The Kier molecular flexibility index (Phi) is 15.2. The smallest absolute Gasteiger partial charge is 0.407 e. The van der Waals surface area contributed by atoms with Gasteiger partial charge in [0.1, 0.15) is 24.2 Å². The lowest BCUT2D eigenvalue weighted by atomic mass is 9.85. The Morgan fingerprint density at radius 2 is 1.07 bits per heavy atom. The van der Waals surface area contributed by atoms with E-state index in [4.69, 9.17) is 14.2 Å². The highest BCUT2D eigenvalue weighted by Crippen LogP contribution is 2.29. The lowest BCUT2D eigenvalue weighted by Gasteiger charge is -2.35. The summed E-state index contributed by atoms with van der Waals surface area (Å²) in [5, 5.41) is 11.3. The maximum atomic E-state index is 13.6. The second-order valence-corrected chi connectivity index (χ2v) is 18.0. The summed E-state index contributed by atoms with van der Waals surface area (Å²) < 4.78 is 15.3. The maximum Gasteiger partial charge on any atom is 0.407 e. The molecule has 0 aliphatic carbocycles. The third kappa shape index (κ3) is 11.7. The van der Waals surface area contributed by atoms with Crippen molar-refractivity contribution in [3.63, 3.8) is 0 Å². The monoisotopic (exact) mass is 833 g/mol. The Balaban J connectivity index is 1.19. The molecule has 2 aromatic carbocycles. The molecule has 16 heteroatoms. The number of rotatable bonds is 13. The molecule has 60 heavy (non-hydrogen) atoms. The number of ether oxygens (including phenoxy) is 3. The van der Waals surface area contributed by atoms with Gasteiger partial charge in [-0.2, -0.15) is 0 Å². The van der Waals surface area contributed by atoms with E-state index in [-0.39, 0.29) is 29.7 Å². The number of methoxy groups -OCH3 is 2. The van der Waals surface area contributed by atoms with Crippen molar-refractivity contribution in [2.75, 3.05) is 51.2 Å². The lowest BCUT2D eigenvalue weighted by molar-refractivity contribution is -0.140. The molecule has 3 aliphatic rings. The lowest BCUT2D eigenvalue weighted by Crippen LogP contribution is -2.57. The quantitative estimate of drug-likeness (QED) is 0.217. The summed E-state index contributed by atoms with van der Waals surface area (Å²) in [6.45, 7) is 14.5. The second-order valence-electron chi connectivity index (χ2n) is 18.0. The van der Waals surface area contributed by atoms with Crippen LogP contribution in [0.25, 0.3) is 0 Å². The van der Waals surface area contributed by atoms with Gasteiger partial charge in [0.05, 0.1) is 20.8 Å². The van der Waals surface area contributed by atoms with Gasteiger partial charge in [-0.05, 0) is 78.3 Å². The number of carbonyl (C=O) groups is 6. The van der Waals surface area contributed by atoms with Gasteiger partial charge >= 0.3 is 12.2 Å². The molecule has 3 saturated heterocycles.